The molecule has 2 nitrogen and oxygen atoms in total. The fourth-order valence-electron chi connectivity index (χ4n) is 7.38. The highest BCUT2D eigenvalue weighted by Crippen LogP contribution is 2.43. The van der Waals surface area contributed by atoms with E-state index in [0.29, 0.717) is 0 Å². The van der Waals surface area contributed by atoms with Crippen LogP contribution in [0, 0.1) is 0 Å². The van der Waals surface area contributed by atoms with Crippen LogP contribution in [0.1, 0.15) is 11.1 Å². The van der Waals surface area contributed by atoms with Crippen LogP contribution in [0.4, 0.5) is 34.1 Å². The number of para-hydroxylation sites is 4. The second-order valence-corrected chi connectivity index (χ2v) is 13.0. The van der Waals surface area contributed by atoms with Gasteiger partial charge in [0, 0.05) is 34.1 Å². The van der Waals surface area contributed by atoms with Crippen molar-refractivity contribution in [1.82, 2.24) is 0 Å². The van der Waals surface area contributed by atoms with Gasteiger partial charge in [-0.15, -0.1) is 0 Å². The zero-order chi connectivity index (χ0) is 34.0. The standard InChI is InChI=1S/C49H36N2/c1-5-17-42(18-6-1)50(43-19-7-2-8-20-43)46-25-13-15-36(32-46)38-27-29-40-31-41-30-28-39(35-49(41)48(40)34-38)37-16-14-26-47(33-37)51(44-21-9-3-10-22-44)45-23-11-4-12-24-45/h1-30,32-35H,31H2. The Morgan fingerprint density at radius 2 is 0.569 bits per heavy atom. The van der Waals surface area contributed by atoms with Gasteiger partial charge in [0.15, 0.2) is 0 Å². The maximum Gasteiger partial charge on any atom is 0.0467 e. The van der Waals surface area contributed by atoms with Crippen LogP contribution >= 0.6 is 0 Å². The molecule has 0 spiro atoms. The molecular formula is C49H36N2. The summed E-state index contributed by atoms with van der Waals surface area (Å²) in [6.45, 7) is 0. The van der Waals surface area contributed by atoms with Gasteiger partial charge in [-0.05, 0) is 136 Å². The second-order valence-electron chi connectivity index (χ2n) is 13.0. The number of rotatable bonds is 8. The first kappa shape index (κ1) is 30.4. The molecule has 51 heavy (non-hydrogen) atoms. The zero-order valence-corrected chi connectivity index (χ0v) is 28.2. The van der Waals surface area contributed by atoms with Gasteiger partial charge in [0.05, 0.1) is 0 Å². The summed E-state index contributed by atoms with van der Waals surface area (Å²) in [6, 6.07) is 74.2. The molecule has 8 aromatic rings. The second kappa shape index (κ2) is 13.3. The van der Waals surface area contributed by atoms with E-state index in [1.165, 1.54) is 44.5 Å². The smallest absolute Gasteiger partial charge is 0.0467 e. The molecule has 0 aliphatic heterocycles. The van der Waals surface area contributed by atoms with Gasteiger partial charge in [-0.2, -0.15) is 0 Å². The summed E-state index contributed by atoms with van der Waals surface area (Å²) in [5.41, 5.74) is 17.1. The van der Waals surface area contributed by atoms with Crippen molar-refractivity contribution in [3.05, 3.63) is 217 Å². The van der Waals surface area contributed by atoms with Crippen molar-refractivity contribution in [1.29, 1.82) is 0 Å². The van der Waals surface area contributed by atoms with E-state index in [-0.39, 0.29) is 0 Å². The highest BCUT2D eigenvalue weighted by atomic mass is 15.1. The predicted molar refractivity (Wildman–Crippen MR) is 215 cm³/mol. The molecule has 0 heterocycles. The fraction of sp³-hybridized carbons (Fsp3) is 0.0204. The third-order valence-corrected chi connectivity index (χ3v) is 9.82. The van der Waals surface area contributed by atoms with Crippen LogP contribution in [-0.4, -0.2) is 0 Å². The Balaban J connectivity index is 1.07. The summed E-state index contributed by atoms with van der Waals surface area (Å²) in [7, 11) is 0. The molecule has 0 radical (unpaired) electrons. The average Bonchev–Trinajstić information content (AvgIpc) is 3.57. The Bertz CT molecular complexity index is 2180. The van der Waals surface area contributed by atoms with Crippen LogP contribution in [0.3, 0.4) is 0 Å². The van der Waals surface area contributed by atoms with Gasteiger partial charge in [0.2, 0.25) is 0 Å². The number of hydrogen-bond acceptors (Lipinski definition) is 2. The van der Waals surface area contributed by atoms with Gasteiger partial charge < -0.3 is 9.80 Å². The van der Waals surface area contributed by atoms with Gasteiger partial charge in [-0.3, -0.25) is 0 Å². The number of benzene rings is 8. The van der Waals surface area contributed by atoms with Crippen molar-refractivity contribution < 1.29 is 0 Å². The Morgan fingerprint density at radius 3 is 0.922 bits per heavy atom. The Kier molecular flexibility index (Phi) is 7.96. The molecule has 0 saturated heterocycles. The van der Waals surface area contributed by atoms with Crippen LogP contribution in [0.25, 0.3) is 33.4 Å². The van der Waals surface area contributed by atoms with Crippen LogP contribution in [0.5, 0.6) is 0 Å². The van der Waals surface area contributed by atoms with E-state index in [2.05, 4.69) is 216 Å². The van der Waals surface area contributed by atoms with Gasteiger partial charge >= 0.3 is 0 Å². The van der Waals surface area contributed by atoms with E-state index in [4.69, 9.17) is 0 Å². The van der Waals surface area contributed by atoms with E-state index in [0.717, 1.165) is 40.5 Å². The fourth-order valence-corrected chi connectivity index (χ4v) is 7.38. The minimum atomic E-state index is 0.955. The molecule has 8 aromatic carbocycles. The predicted octanol–water partition coefficient (Wildman–Crippen LogP) is 13.5. The van der Waals surface area contributed by atoms with Crippen molar-refractivity contribution in [2.24, 2.45) is 0 Å². The first-order valence-electron chi connectivity index (χ1n) is 17.6. The lowest BCUT2D eigenvalue weighted by Crippen LogP contribution is -2.09. The molecule has 0 saturated carbocycles. The molecule has 0 aromatic heterocycles. The summed E-state index contributed by atoms with van der Waals surface area (Å²) in [5.74, 6) is 0. The van der Waals surface area contributed by atoms with E-state index in [1.54, 1.807) is 0 Å². The van der Waals surface area contributed by atoms with Crippen molar-refractivity contribution >= 4 is 34.1 Å². The topological polar surface area (TPSA) is 6.48 Å². The van der Waals surface area contributed by atoms with E-state index >= 15 is 0 Å². The molecule has 0 N–H and O–H groups in total. The summed E-state index contributed by atoms with van der Waals surface area (Å²) >= 11 is 0. The lowest BCUT2D eigenvalue weighted by molar-refractivity contribution is 1.26. The molecule has 9 rings (SSSR count). The molecule has 2 heteroatoms. The van der Waals surface area contributed by atoms with Gasteiger partial charge in [0.1, 0.15) is 0 Å². The lowest BCUT2D eigenvalue weighted by Gasteiger charge is -2.26. The quantitative estimate of drug-likeness (QED) is 0.161. The van der Waals surface area contributed by atoms with Crippen molar-refractivity contribution in [2.45, 2.75) is 6.42 Å². The molecule has 1 aliphatic rings. The summed E-state index contributed by atoms with van der Waals surface area (Å²) in [5, 5.41) is 0. The van der Waals surface area contributed by atoms with Gasteiger partial charge in [-0.25, -0.2) is 0 Å². The monoisotopic (exact) mass is 652 g/mol. The molecule has 0 atom stereocenters. The molecule has 1 aliphatic carbocycles. The highest BCUT2D eigenvalue weighted by molar-refractivity contribution is 5.87. The van der Waals surface area contributed by atoms with E-state index in [9.17, 15) is 0 Å². The maximum absolute atomic E-state index is 2.39. The number of anilines is 6. The zero-order valence-electron chi connectivity index (χ0n) is 28.2. The summed E-state index contributed by atoms with van der Waals surface area (Å²) in [6.07, 6.45) is 0.955. The van der Waals surface area contributed by atoms with Gasteiger partial charge in [0.25, 0.3) is 0 Å². The Hall–Kier alpha value is -6.64. The number of fused-ring (bicyclic) bond motifs is 3. The molecule has 242 valence electrons. The first-order chi connectivity index (χ1) is 25.3. The average molecular weight is 653 g/mol. The van der Waals surface area contributed by atoms with Crippen LogP contribution in [0.2, 0.25) is 0 Å². The molecular weight excluding hydrogens is 617 g/mol. The van der Waals surface area contributed by atoms with Crippen molar-refractivity contribution in [2.75, 3.05) is 9.80 Å². The number of nitrogens with zero attached hydrogens (tertiary/aromatic N) is 2. The molecule has 0 bridgehead atoms. The molecule has 0 amide bonds. The van der Waals surface area contributed by atoms with Crippen molar-refractivity contribution in [3.63, 3.8) is 0 Å². The third kappa shape index (κ3) is 5.98. The Morgan fingerprint density at radius 1 is 0.255 bits per heavy atom. The normalized spacial score (nSPS) is 11.5. The SMILES string of the molecule is c1ccc(N(c2ccccc2)c2cccc(-c3ccc4c(c3)-c3cc(-c5cccc(N(c6ccccc6)c6ccccc6)c5)ccc3C4)c2)cc1. The Labute approximate surface area is 300 Å². The highest BCUT2D eigenvalue weighted by Gasteiger charge is 2.21. The maximum atomic E-state index is 2.39. The van der Waals surface area contributed by atoms with E-state index in [1.807, 2.05) is 0 Å². The van der Waals surface area contributed by atoms with E-state index < -0.39 is 0 Å². The molecule has 0 fully saturated rings. The first-order valence-corrected chi connectivity index (χ1v) is 17.6. The lowest BCUT2D eigenvalue weighted by atomic mass is 9.95. The van der Waals surface area contributed by atoms with Gasteiger partial charge in [-0.1, -0.05) is 121 Å². The van der Waals surface area contributed by atoms with Crippen LogP contribution < -0.4 is 9.80 Å². The van der Waals surface area contributed by atoms with Crippen LogP contribution in [0.15, 0.2) is 206 Å². The minimum Gasteiger partial charge on any atom is -0.310 e. The number of hydrogen-bond donors (Lipinski definition) is 0. The summed E-state index contributed by atoms with van der Waals surface area (Å²) in [4.78, 5) is 4.65. The summed E-state index contributed by atoms with van der Waals surface area (Å²) < 4.78 is 0. The van der Waals surface area contributed by atoms with Crippen LogP contribution in [-0.2, 0) is 6.42 Å². The largest absolute Gasteiger partial charge is 0.310 e. The molecule has 0 unspecified atom stereocenters. The van der Waals surface area contributed by atoms with Crippen molar-refractivity contribution in [3.8, 4) is 33.4 Å². The minimum absolute atomic E-state index is 0.955. The third-order valence-electron chi connectivity index (χ3n) is 9.82.